The molecule has 2 aromatic carbocycles. The minimum atomic E-state index is -1.29. The number of rotatable bonds is 8. The first-order valence-electron chi connectivity index (χ1n) is 27.7. The molecule has 7 atom stereocenters. The average Bonchev–Trinajstić information content (AvgIpc) is 2.47. The topological polar surface area (TPSA) is 328 Å². The molecule has 9 N–H and O–H groups in total. The van der Waals surface area contributed by atoms with Crippen molar-refractivity contribution in [3.05, 3.63) is 147 Å². The molecule has 2 saturated heterocycles. The minimum Gasteiger partial charge on any atom is -0.399 e. The van der Waals surface area contributed by atoms with Crippen LogP contribution in [-0.4, -0.2) is 135 Å². The summed E-state index contributed by atoms with van der Waals surface area (Å²) in [4.78, 5) is 123. The number of Topliss-reactive ketones (excluding diaryl/α,β-unsaturated/α-hetero) is 1. The highest BCUT2D eigenvalue weighted by molar-refractivity contribution is 7.15. The van der Waals surface area contributed by atoms with E-state index < -0.39 is 71.6 Å². The number of primary amides is 1. The van der Waals surface area contributed by atoms with Crippen LogP contribution in [0.3, 0.4) is 0 Å². The summed E-state index contributed by atoms with van der Waals surface area (Å²) in [5.41, 5.74) is 17.3. The predicted octanol–water partition coefficient (Wildman–Crippen LogP) is 7.40. The molecule has 10 bridgehead atoms. The van der Waals surface area contributed by atoms with E-state index in [1.54, 1.807) is 69.9 Å². The highest BCUT2D eigenvalue weighted by atomic mass is 32.1. The van der Waals surface area contributed by atoms with Crippen LogP contribution in [0.4, 0.5) is 5.69 Å². The van der Waals surface area contributed by atoms with Crippen molar-refractivity contribution < 1.29 is 39.0 Å². The molecular formula is C59H56N14O8S6. The van der Waals surface area contributed by atoms with Crippen LogP contribution in [0, 0.1) is 19.8 Å². The maximum atomic E-state index is 15.3. The molecule has 7 aromatic heterocycles. The van der Waals surface area contributed by atoms with E-state index >= 15 is 4.79 Å². The van der Waals surface area contributed by atoms with Gasteiger partial charge in [0.2, 0.25) is 11.8 Å². The number of ketones is 1. The standard InChI is InChI=1S/C59H56N14O8S6/c1-27-9-10-30(17-34(27)60)18-37-59(81)73-21-44(75)28(2)48(73)57-69-41(25-86-57)55-66-38(22-84-55)47-32(11-12-35(63-47)54-70-42(26-85-54)58(80)72-15-13-62-14-16-72)52-67-39(23-82-52)50(78)64-36(20-45(61)76)56-71-46(29(3)87-56)43(74)19-33(49(77)31-7-5-4-6-8-31)53-68-40(24-83-53)51(79)65-37/h4-12,17,22-26,28,33,36-37,44,48-49,62,75,77H,13-16,18-21,60H2,1-3H3,(H2,61,76)(H,64,78)(H,65,79)/t28-,33-,36-,37-,44-,48-,49+/m0/s1. The Kier molecular flexibility index (Phi) is 17.1. The summed E-state index contributed by atoms with van der Waals surface area (Å²) in [6.45, 7) is 7.82. The summed E-state index contributed by atoms with van der Waals surface area (Å²) in [5, 5.41) is 43.6. The lowest BCUT2D eigenvalue weighted by Gasteiger charge is -2.29. The molecule has 0 unspecified atom stereocenters. The van der Waals surface area contributed by atoms with Crippen molar-refractivity contribution in [2.24, 2.45) is 11.7 Å². The number of aliphatic hydroxyl groups is 2. The van der Waals surface area contributed by atoms with Crippen LogP contribution in [-0.2, 0) is 16.0 Å². The number of carbonyl (C=O) groups is 6. The molecule has 2 fully saturated rings. The number of hydrogen-bond donors (Lipinski definition) is 7. The first-order valence-corrected chi connectivity index (χ1v) is 32.9. The second-order valence-electron chi connectivity index (χ2n) is 21.4. The number of nitrogens with zero attached hydrogens (tertiary/aromatic N) is 9. The van der Waals surface area contributed by atoms with Crippen molar-refractivity contribution in [3.63, 3.8) is 0 Å². The zero-order valence-corrected chi connectivity index (χ0v) is 51.7. The second kappa shape index (κ2) is 25.0. The molecule has 12 rings (SSSR count). The summed E-state index contributed by atoms with van der Waals surface area (Å²) in [5.74, 6) is -4.72. The molecule has 0 aliphatic carbocycles. The average molecular weight is 1280 g/mol. The molecule has 3 aliphatic rings. The number of nitrogen functional groups attached to an aromatic ring is 1. The number of pyridine rings is 1. The molecule has 87 heavy (non-hydrogen) atoms. The van der Waals surface area contributed by atoms with E-state index in [9.17, 15) is 34.2 Å². The number of aliphatic hydroxyl groups excluding tert-OH is 2. The van der Waals surface area contributed by atoms with Crippen molar-refractivity contribution in [3.8, 4) is 43.4 Å². The van der Waals surface area contributed by atoms with Gasteiger partial charge in [-0.15, -0.1) is 68.0 Å². The molecule has 0 saturated carbocycles. The van der Waals surface area contributed by atoms with Crippen LogP contribution >= 0.6 is 68.0 Å². The van der Waals surface area contributed by atoms with E-state index in [0.717, 1.165) is 28.2 Å². The number of thiazole rings is 6. The lowest BCUT2D eigenvalue weighted by molar-refractivity contribution is -0.134. The third kappa shape index (κ3) is 12.4. The third-order valence-electron chi connectivity index (χ3n) is 15.5. The maximum absolute atomic E-state index is 15.3. The number of fused-ring (bicyclic) bond motifs is 16. The summed E-state index contributed by atoms with van der Waals surface area (Å²) in [7, 11) is 0. The van der Waals surface area contributed by atoms with Gasteiger partial charge < -0.3 is 47.4 Å². The van der Waals surface area contributed by atoms with Crippen molar-refractivity contribution in [1.82, 2.24) is 60.6 Å². The number of carbonyl (C=O) groups excluding carboxylic acids is 6. The number of hydrogen-bond acceptors (Lipinski definition) is 23. The summed E-state index contributed by atoms with van der Waals surface area (Å²) < 4.78 is 0. The number of nitrogens with one attached hydrogen (secondary N) is 3. The van der Waals surface area contributed by atoms with E-state index in [2.05, 4.69) is 16.0 Å². The Labute approximate surface area is 521 Å². The fraction of sp³-hybridized carbons (Fsp3) is 0.305. The molecule has 28 heteroatoms. The molecule has 10 heterocycles. The van der Waals surface area contributed by atoms with E-state index in [-0.39, 0.29) is 58.8 Å². The number of nitrogens with two attached hydrogens (primary N) is 2. The molecule has 22 nitrogen and oxygen atoms in total. The van der Waals surface area contributed by atoms with Gasteiger partial charge in [0.15, 0.2) is 5.78 Å². The molecular weight excluding hydrogens is 1230 g/mol. The van der Waals surface area contributed by atoms with Crippen molar-refractivity contribution in [2.75, 3.05) is 38.5 Å². The monoisotopic (exact) mass is 1280 g/mol. The number of piperazine rings is 1. The lowest BCUT2D eigenvalue weighted by atomic mass is 9.90. The molecule has 0 spiro atoms. The Morgan fingerprint density at radius 2 is 1.38 bits per heavy atom. The van der Waals surface area contributed by atoms with Gasteiger partial charge in [0.25, 0.3) is 17.7 Å². The Bertz CT molecular complexity index is 4110. The molecule has 3 aliphatic heterocycles. The lowest BCUT2D eigenvalue weighted by Crippen LogP contribution is -2.50. The van der Waals surface area contributed by atoms with Crippen LogP contribution < -0.4 is 27.4 Å². The van der Waals surface area contributed by atoms with Gasteiger partial charge >= 0.3 is 0 Å². The second-order valence-corrected chi connectivity index (χ2v) is 27.0. The van der Waals surface area contributed by atoms with Gasteiger partial charge in [-0.2, -0.15) is 0 Å². The summed E-state index contributed by atoms with van der Waals surface area (Å²) in [6.07, 6.45) is -2.91. The Morgan fingerprint density at radius 3 is 2.15 bits per heavy atom. The highest BCUT2D eigenvalue weighted by Gasteiger charge is 2.46. The van der Waals surface area contributed by atoms with Crippen LogP contribution in [0.5, 0.6) is 0 Å². The van der Waals surface area contributed by atoms with Gasteiger partial charge in [0.1, 0.15) is 70.9 Å². The fourth-order valence-electron chi connectivity index (χ4n) is 10.8. The number of benzene rings is 2. The van der Waals surface area contributed by atoms with Gasteiger partial charge in [0.05, 0.1) is 41.4 Å². The normalized spacial score (nSPS) is 20.6. The highest BCUT2D eigenvalue weighted by Crippen LogP contribution is 2.43. The SMILES string of the molecule is Cc1ccc(C[C@@H]2NC(=O)c3csc(n3)[C@H]([C@H](O)c3ccccc3)CC(=O)c3nc(sc3C)[C@H](CC(N)=O)NC(=O)c3csc(n3)-c3ccc(-c4nc(C(=O)N5CCNCC5)cs4)nc3-c3csc(n3)-c3csc(n3)[C@@H]3[C@@H](C)[C@@H](O)CN3C2=O)cc1N. The van der Waals surface area contributed by atoms with Gasteiger partial charge in [-0.05, 0) is 48.7 Å². The maximum Gasteiger partial charge on any atom is 0.273 e. The predicted molar refractivity (Wildman–Crippen MR) is 334 cm³/mol. The van der Waals surface area contributed by atoms with Crippen molar-refractivity contribution in [2.45, 2.75) is 76.3 Å². The molecule has 5 amide bonds. The summed E-state index contributed by atoms with van der Waals surface area (Å²) >= 11 is 7.24. The number of anilines is 1. The largest absolute Gasteiger partial charge is 0.399 e. The van der Waals surface area contributed by atoms with Crippen LogP contribution in [0.15, 0.2) is 87.6 Å². The van der Waals surface area contributed by atoms with E-state index in [1.807, 2.05) is 42.8 Å². The zero-order valence-electron chi connectivity index (χ0n) is 46.8. The first kappa shape index (κ1) is 59.4. The zero-order chi connectivity index (χ0) is 60.8. The van der Waals surface area contributed by atoms with Crippen LogP contribution in [0.2, 0.25) is 0 Å². The van der Waals surface area contributed by atoms with Crippen LogP contribution in [0.25, 0.3) is 43.4 Å². The molecule has 0 radical (unpaired) electrons. The van der Waals surface area contributed by atoms with Gasteiger partial charge in [-0.3, -0.25) is 28.8 Å². The molecule has 446 valence electrons. The van der Waals surface area contributed by atoms with Gasteiger partial charge in [-0.1, -0.05) is 49.4 Å². The van der Waals surface area contributed by atoms with E-state index in [4.69, 9.17) is 46.4 Å². The Balaban J connectivity index is 0.955. The first-order chi connectivity index (χ1) is 41.9. The quantitative estimate of drug-likeness (QED) is 0.0728. The number of aromatic nitrogens is 7. The van der Waals surface area contributed by atoms with Crippen molar-refractivity contribution in [1.29, 1.82) is 0 Å². The van der Waals surface area contributed by atoms with E-state index in [1.165, 1.54) is 50.7 Å². The third-order valence-corrected chi connectivity index (χ3v) is 21.1. The van der Waals surface area contributed by atoms with Crippen LogP contribution in [0.1, 0.15) is 122 Å². The fourth-order valence-corrected chi connectivity index (χ4v) is 16.1. The van der Waals surface area contributed by atoms with Crippen molar-refractivity contribution >= 4 is 109 Å². The Hall–Kier alpha value is -7.93. The number of amides is 5. The van der Waals surface area contributed by atoms with E-state index in [0.29, 0.717) is 102 Å². The smallest absolute Gasteiger partial charge is 0.273 e. The van der Waals surface area contributed by atoms with Gasteiger partial charge in [-0.25, -0.2) is 34.9 Å². The van der Waals surface area contributed by atoms with Gasteiger partial charge in [0, 0.05) is 100 Å². The minimum absolute atomic E-state index is 0.0113. The summed E-state index contributed by atoms with van der Waals surface area (Å²) in [6, 6.07) is 14.7. The Morgan fingerprint density at radius 1 is 0.713 bits per heavy atom. The number of aryl methyl sites for hydroxylation is 2. The molecule has 9 aromatic rings.